The molecule has 1 aliphatic rings. The highest BCUT2D eigenvalue weighted by atomic mass is 16.5. The molecular weight excluding hydrogens is 394 g/mol. The Morgan fingerprint density at radius 1 is 1.23 bits per heavy atom. The standard InChI is InChI=1S/C23H23N5O3/c1-4-22(30)28-11-17(12-28)26-20-9-18-19(10-21(20)31-3)24-13-25-23(18)27-16-7-5-6-15(8-16)14(2)29/h4-10,13,17,26H,1,11-12H2,2-3H3,(H,24,25,27). The lowest BCUT2D eigenvalue weighted by molar-refractivity contribution is -0.129. The lowest BCUT2D eigenvalue weighted by Gasteiger charge is -2.39. The van der Waals surface area contributed by atoms with Crippen molar-refractivity contribution in [3.63, 3.8) is 0 Å². The van der Waals surface area contributed by atoms with Crippen molar-refractivity contribution < 1.29 is 14.3 Å². The van der Waals surface area contributed by atoms with Crippen molar-refractivity contribution in [1.29, 1.82) is 0 Å². The Labute approximate surface area is 179 Å². The van der Waals surface area contributed by atoms with Crippen LogP contribution in [0.3, 0.4) is 0 Å². The van der Waals surface area contributed by atoms with Gasteiger partial charge in [0.15, 0.2) is 5.78 Å². The first-order chi connectivity index (χ1) is 15.0. The number of methoxy groups -OCH3 is 1. The number of nitrogens with one attached hydrogen (secondary N) is 2. The molecule has 158 valence electrons. The Hall–Kier alpha value is -3.94. The van der Waals surface area contributed by atoms with Gasteiger partial charge in [-0.05, 0) is 31.2 Å². The summed E-state index contributed by atoms with van der Waals surface area (Å²) in [6, 6.07) is 11.2. The van der Waals surface area contributed by atoms with E-state index >= 15 is 0 Å². The van der Waals surface area contributed by atoms with Crippen molar-refractivity contribution in [2.24, 2.45) is 0 Å². The molecule has 0 spiro atoms. The van der Waals surface area contributed by atoms with Crippen LogP contribution in [-0.4, -0.2) is 52.8 Å². The first-order valence-electron chi connectivity index (χ1n) is 9.87. The Kier molecular flexibility index (Phi) is 5.53. The van der Waals surface area contributed by atoms with E-state index < -0.39 is 0 Å². The van der Waals surface area contributed by atoms with Crippen LogP contribution < -0.4 is 15.4 Å². The van der Waals surface area contributed by atoms with Crippen molar-refractivity contribution in [1.82, 2.24) is 14.9 Å². The van der Waals surface area contributed by atoms with Gasteiger partial charge >= 0.3 is 0 Å². The second kappa shape index (κ2) is 8.43. The number of nitrogens with zero attached hydrogens (tertiary/aromatic N) is 3. The van der Waals surface area contributed by atoms with Gasteiger partial charge in [0.2, 0.25) is 5.91 Å². The molecule has 8 heteroatoms. The Balaban J connectivity index is 1.63. The molecule has 2 N–H and O–H groups in total. The largest absolute Gasteiger partial charge is 0.495 e. The minimum atomic E-state index is -0.0730. The van der Waals surface area contributed by atoms with E-state index in [2.05, 4.69) is 27.2 Å². The van der Waals surface area contributed by atoms with Gasteiger partial charge in [0.1, 0.15) is 17.9 Å². The molecule has 0 saturated carbocycles. The summed E-state index contributed by atoms with van der Waals surface area (Å²) in [5.41, 5.74) is 2.90. The quantitative estimate of drug-likeness (QED) is 0.449. The lowest BCUT2D eigenvalue weighted by atomic mass is 10.1. The predicted octanol–water partition coefficient (Wildman–Crippen LogP) is 3.39. The van der Waals surface area contributed by atoms with Crippen LogP contribution in [0, 0.1) is 0 Å². The van der Waals surface area contributed by atoms with Crippen LogP contribution in [0.5, 0.6) is 5.75 Å². The van der Waals surface area contributed by atoms with E-state index in [4.69, 9.17) is 4.74 Å². The minimum Gasteiger partial charge on any atom is -0.495 e. The van der Waals surface area contributed by atoms with Crippen LogP contribution in [0.2, 0.25) is 0 Å². The van der Waals surface area contributed by atoms with Gasteiger partial charge < -0.3 is 20.3 Å². The average Bonchev–Trinajstić information content (AvgIpc) is 2.75. The molecule has 1 aromatic heterocycles. The van der Waals surface area contributed by atoms with Crippen molar-refractivity contribution in [2.45, 2.75) is 13.0 Å². The van der Waals surface area contributed by atoms with Gasteiger partial charge in [0.25, 0.3) is 0 Å². The number of amides is 1. The Morgan fingerprint density at radius 2 is 2.03 bits per heavy atom. The molecular formula is C23H23N5O3. The molecule has 1 amide bonds. The van der Waals surface area contributed by atoms with E-state index in [1.807, 2.05) is 24.3 Å². The maximum atomic E-state index is 11.7. The van der Waals surface area contributed by atoms with E-state index in [9.17, 15) is 9.59 Å². The number of ketones is 1. The molecule has 31 heavy (non-hydrogen) atoms. The second-order valence-corrected chi connectivity index (χ2v) is 7.34. The summed E-state index contributed by atoms with van der Waals surface area (Å²) >= 11 is 0. The molecule has 1 aliphatic heterocycles. The third-order valence-corrected chi connectivity index (χ3v) is 5.22. The summed E-state index contributed by atoms with van der Waals surface area (Å²) in [7, 11) is 1.61. The fraction of sp³-hybridized carbons (Fsp3) is 0.217. The maximum Gasteiger partial charge on any atom is 0.246 e. The molecule has 8 nitrogen and oxygen atoms in total. The van der Waals surface area contributed by atoms with Crippen molar-refractivity contribution in [3.05, 3.63) is 60.9 Å². The van der Waals surface area contributed by atoms with Gasteiger partial charge in [-0.2, -0.15) is 0 Å². The van der Waals surface area contributed by atoms with Crippen molar-refractivity contribution in [3.8, 4) is 5.75 Å². The number of rotatable bonds is 7. The van der Waals surface area contributed by atoms with Crippen LogP contribution in [0.25, 0.3) is 10.9 Å². The molecule has 0 bridgehead atoms. The molecule has 2 aromatic carbocycles. The third-order valence-electron chi connectivity index (χ3n) is 5.22. The van der Waals surface area contributed by atoms with E-state index in [1.165, 1.54) is 19.3 Å². The first-order valence-corrected chi connectivity index (χ1v) is 9.87. The smallest absolute Gasteiger partial charge is 0.246 e. The zero-order chi connectivity index (χ0) is 22.0. The monoisotopic (exact) mass is 417 g/mol. The highest BCUT2D eigenvalue weighted by molar-refractivity contribution is 5.97. The first kappa shape index (κ1) is 20.3. The van der Waals surface area contributed by atoms with Crippen LogP contribution in [-0.2, 0) is 4.79 Å². The number of ether oxygens (including phenoxy) is 1. The molecule has 3 aromatic rings. The highest BCUT2D eigenvalue weighted by Crippen LogP contribution is 2.34. The van der Waals surface area contributed by atoms with E-state index in [-0.39, 0.29) is 17.7 Å². The molecule has 0 atom stereocenters. The molecule has 1 fully saturated rings. The molecule has 0 radical (unpaired) electrons. The van der Waals surface area contributed by atoms with Crippen LogP contribution in [0.4, 0.5) is 17.2 Å². The number of aromatic nitrogens is 2. The number of fused-ring (bicyclic) bond motifs is 1. The van der Waals surface area contributed by atoms with Gasteiger partial charge in [0, 0.05) is 35.8 Å². The van der Waals surface area contributed by atoms with Gasteiger partial charge in [-0.3, -0.25) is 9.59 Å². The summed E-state index contributed by atoms with van der Waals surface area (Å²) in [6.45, 7) is 6.25. The molecule has 1 saturated heterocycles. The van der Waals surface area contributed by atoms with Gasteiger partial charge in [-0.1, -0.05) is 18.7 Å². The zero-order valence-corrected chi connectivity index (χ0v) is 17.4. The average molecular weight is 417 g/mol. The van der Waals surface area contributed by atoms with E-state index in [1.54, 1.807) is 24.1 Å². The van der Waals surface area contributed by atoms with E-state index in [0.29, 0.717) is 30.2 Å². The van der Waals surface area contributed by atoms with Crippen LogP contribution >= 0.6 is 0 Å². The molecule has 0 aliphatic carbocycles. The number of hydrogen-bond donors (Lipinski definition) is 2. The van der Waals surface area contributed by atoms with Crippen LogP contribution in [0.15, 0.2) is 55.4 Å². The fourth-order valence-electron chi connectivity index (χ4n) is 3.52. The summed E-state index contributed by atoms with van der Waals surface area (Å²) in [5.74, 6) is 1.20. The van der Waals surface area contributed by atoms with Gasteiger partial charge in [0.05, 0.1) is 24.4 Å². The zero-order valence-electron chi connectivity index (χ0n) is 17.4. The summed E-state index contributed by atoms with van der Waals surface area (Å²) in [6.07, 6.45) is 2.81. The lowest BCUT2D eigenvalue weighted by Crippen LogP contribution is -2.56. The van der Waals surface area contributed by atoms with Crippen molar-refractivity contribution in [2.75, 3.05) is 30.8 Å². The van der Waals surface area contributed by atoms with Gasteiger partial charge in [-0.15, -0.1) is 0 Å². The molecule has 2 heterocycles. The number of carbonyl (C=O) groups excluding carboxylic acids is 2. The molecule has 0 unspecified atom stereocenters. The number of benzene rings is 2. The Morgan fingerprint density at radius 3 is 2.74 bits per heavy atom. The predicted molar refractivity (Wildman–Crippen MR) is 120 cm³/mol. The fourth-order valence-corrected chi connectivity index (χ4v) is 3.52. The number of likely N-dealkylation sites (tertiary alicyclic amines) is 1. The number of carbonyl (C=O) groups is 2. The topological polar surface area (TPSA) is 96.5 Å². The number of anilines is 3. The van der Waals surface area contributed by atoms with Crippen molar-refractivity contribution >= 4 is 39.8 Å². The Bertz CT molecular complexity index is 1170. The third kappa shape index (κ3) is 4.18. The SMILES string of the molecule is C=CC(=O)N1CC(Nc2cc3c(Nc4cccc(C(C)=O)c4)ncnc3cc2OC)C1. The summed E-state index contributed by atoms with van der Waals surface area (Å²) < 4.78 is 5.54. The van der Waals surface area contributed by atoms with E-state index in [0.717, 1.165) is 22.3 Å². The number of Topliss-reactive ketones (excluding diaryl/α,β-unsaturated/α-hetero) is 1. The second-order valence-electron chi connectivity index (χ2n) is 7.34. The normalized spacial score (nSPS) is 13.4. The summed E-state index contributed by atoms with van der Waals surface area (Å²) in [5, 5.41) is 7.52. The maximum absolute atomic E-state index is 11.7. The van der Waals surface area contributed by atoms with Crippen LogP contribution in [0.1, 0.15) is 17.3 Å². The highest BCUT2D eigenvalue weighted by Gasteiger charge is 2.29. The summed E-state index contributed by atoms with van der Waals surface area (Å²) in [4.78, 5) is 33.9. The minimum absolute atomic E-state index is 0.00287. The molecule has 4 rings (SSSR count). The van der Waals surface area contributed by atoms with Gasteiger partial charge in [-0.25, -0.2) is 9.97 Å². The number of hydrogen-bond acceptors (Lipinski definition) is 7.